The average Bonchev–Trinajstić information content (AvgIpc) is 2.49. The van der Waals surface area contributed by atoms with Crippen molar-refractivity contribution in [3.8, 4) is 0 Å². The highest BCUT2D eigenvalue weighted by Crippen LogP contribution is 2.28. The van der Waals surface area contributed by atoms with E-state index in [1.54, 1.807) is 0 Å². The zero-order valence-electron chi connectivity index (χ0n) is 4.97. The average molecular weight is 113 g/mol. The van der Waals surface area contributed by atoms with Crippen molar-refractivity contribution in [2.24, 2.45) is 0 Å². The zero-order chi connectivity index (χ0) is 5.40. The van der Waals surface area contributed by atoms with Gasteiger partial charge < -0.3 is 0 Å². The molecular formula is C6H11NO. The Bertz CT molecular complexity index is 84.5. The molecule has 2 nitrogen and oxygen atoms in total. The minimum atomic E-state index is 0.803. The Balaban J connectivity index is 1.86. The molecule has 2 heteroatoms. The van der Waals surface area contributed by atoms with Gasteiger partial charge in [0.25, 0.3) is 0 Å². The van der Waals surface area contributed by atoms with Crippen LogP contribution in [0.1, 0.15) is 19.3 Å². The molecule has 0 aromatic carbocycles. The van der Waals surface area contributed by atoms with E-state index >= 15 is 0 Å². The highest BCUT2D eigenvalue weighted by molar-refractivity contribution is 4.81. The van der Waals surface area contributed by atoms with Crippen molar-refractivity contribution in [3.05, 3.63) is 0 Å². The Morgan fingerprint density at radius 1 is 1.38 bits per heavy atom. The van der Waals surface area contributed by atoms with Gasteiger partial charge in [-0.25, -0.2) is 0 Å². The van der Waals surface area contributed by atoms with E-state index in [2.05, 4.69) is 5.06 Å². The summed E-state index contributed by atoms with van der Waals surface area (Å²) in [7, 11) is 0. The van der Waals surface area contributed by atoms with Gasteiger partial charge in [0.05, 0.1) is 6.61 Å². The third-order valence-electron chi connectivity index (χ3n) is 1.73. The molecule has 1 saturated carbocycles. The maximum absolute atomic E-state index is 5.31. The summed E-state index contributed by atoms with van der Waals surface area (Å²) in [4.78, 5) is 5.31. The van der Waals surface area contributed by atoms with E-state index in [9.17, 15) is 0 Å². The van der Waals surface area contributed by atoms with Crippen molar-refractivity contribution < 1.29 is 4.84 Å². The van der Waals surface area contributed by atoms with Crippen LogP contribution in [0.2, 0.25) is 0 Å². The molecular weight excluding hydrogens is 102 g/mol. The Morgan fingerprint density at radius 2 is 2.25 bits per heavy atom. The zero-order valence-corrected chi connectivity index (χ0v) is 4.97. The van der Waals surface area contributed by atoms with Crippen LogP contribution in [0.15, 0.2) is 0 Å². The molecule has 1 heterocycles. The predicted octanol–water partition coefficient (Wildman–Crippen LogP) is 0.786. The van der Waals surface area contributed by atoms with Crippen molar-refractivity contribution in [2.45, 2.75) is 25.3 Å². The van der Waals surface area contributed by atoms with Crippen LogP contribution in [-0.2, 0) is 4.84 Å². The summed E-state index contributed by atoms with van der Waals surface area (Å²) in [5.41, 5.74) is 0. The van der Waals surface area contributed by atoms with Gasteiger partial charge >= 0.3 is 0 Å². The second kappa shape index (κ2) is 1.71. The highest BCUT2D eigenvalue weighted by Gasteiger charge is 2.31. The standard InChI is InChI=1S/C6H11NO/c1-4-7(8-5-1)6-2-3-6/h6H,1-5H2. The maximum atomic E-state index is 5.31. The summed E-state index contributed by atoms with van der Waals surface area (Å²) < 4.78 is 0. The Kier molecular flexibility index (Phi) is 1.02. The first kappa shape index (κ1) is 4.77. The predicted molar refractivity (Wildman–Crippen MR) is 30.3 cm³/mol. The third-order valence-corrected chi connectivity index (χ3v) is 1.73. The van der Waals surface area contributed by atoms with Crippen LogP contribution in [0.5, 0.6) is 0 Å². The topological polar surface area (TPSA) is 12.5 Å². The SMILES string of the molecule is C1CON(C2CC2)C1. The number of hydrogen-bond acceptors (Lipinski definition) is 2. The van der Waals surface area contributed by atoms with Gasteiger partial charge in [0.1, 0.15) is 0 Å². The molecule has 0 aromatic rings. The molecule has 0 amide bonds. The Morgan fingerprint density at radius 3 is 2.75 bits per heavy atom. The van der Waals surface area contributed by atoms with Crippen molar-refractivity contribution >= 4 is 0 Å². The van der Waals surface area contributed by atoms with E-state index in [1.165, 1.54) is 25.8 Å². The molecule has 0 N–H and O–H groups in total. The van der Waals surface area contributed by atoms with Gasteiger partial charge in [0.15, 0.2) is 0 Å². The lowest BCUT2D eigenvalue weighted by molar-refractivity contribution is -0.117. The van der Waals surface area contributed by atoms with Gasteiger partial charge in [0.2, 0.25) is 0 Å². The Hall–Kier alpha value is -0.0800. The smallest absolute Gasteiger partial charge is 0.0698 e. The monoisotopic (exact) mass is 113 g/mol. The lowest BCUT2D eigenvalue weighted by atomic mass is 10.5. The van der Waals surface area contributed by atoms with E-state index in [4.69, 9.17) is 4.84 Å². The van der Waals surface area contributed by atoms with E-state index in [1.807, 2.05) is 0 Å². The highest BCUT2D eigenvalue weighted by atomic mass is 16.7. The van der Waals surface area contributed by atoms with Crippen LogP contribution in [0.3, 0.4) is 0 Å². The number of nitrogens with zero attached hydrogens (tertiary/aromatic N) is 1. The summed E-state index contributed by atoms with van der Waals surface area (Å²) in [6.07, 6.45) is 3.95. The molecule has 0 unspecified atom stereocenters. The lowest BCUT2D eigenvalue weighted by Gasteiger charge is -2.10. The minimum absolute atomic E-state index is 0.803. The molecule has 46 valence electrons. The molecule has 8 heavy (non-hydrogen) atoms. The summed E-state index contributed by atoms with van der Waals surface area (Å²) in [5.74, 6) is 0. The Labute approximate surface area is 49.4 Å². The van der Waals surface area contributed by atoms with Crippen LogP contribution in [0.25, 0.3) is 0 Å². The maximum Gasteiger partial charge on any atom is 0.0698 e. The first-order valence-electron chi connectivity index (χ1n) is 3.36. The van der Waals surface area contributed by atoms with E-state index in [0.29, 0.717) is 0 Å². The van der Waals surface area contributed by atoms with Crippen molar-refractivity contribution in [1.29, 1.82) is 0 Å². The first-order chi connectivity index (χ1) is 3.97. The summed E-state index contributed by atoms with van der Waals surface area (Å²) >= 11 is 0. The second-order valence-electron chi connectivity index (χ2n) is 2.56. The molecule has 0 atom stereocenters. The fraction of sp³-hybridized carbons (Fsp3) is 1.00. The second-order valence-corrected chi connectivity index (χ2v) is 2.56. The van der Waals surface area contributed by atoms with Gasteiger partial charge in [0, 0.05) is 12.6 Å². The fourth-order valence-electron chi connectivity index (χ4n) is 1.12. The van der Waals surface area contributed by atoms with Gasteiger partial charge in [-0.2, -0.15) is 5.06 Å². The quantitative estimate of drug-likeness (QED) is 0.498. The summed E-state index contributed by atoms with van der Waals surface area (Å²) in [6.45, 7) is 2.13. The van der Waals surface area contributed by atoms with E-state index in [-0.39, 0.29) is 0 Å². The van der Waals surface area contributed by atoms with Crippen molar-refractivity contribution in [2.75, 3.05) is 13.2 Å². The third kappa shape index (κ3) is 0.740. The van der Waals surface area contributed by atoms with E-state index < -0.39 is 0 Å². The minimum Gasteiger partial charge on any atom is -0.299 e. The van der Waals surface area contributed by atoms with Crippen LogP contribution < -0.4 is 0 Å². The molecule has 2 fully saturated rings. The van der Waals surface area contributed by atoms with Gasteiger partial charge in [-0.15, -0.1) is 0 Å². The van der Waals surface area contributed by atoms with Crippen LogP contribution in [-0.4, -0.2) is 24.3 Å². The van der Waals surface area contributed by atoms with Gasteiger partial charge in [-0.05, 0) is 19.3 Å². The van der Waals surface area contributed by atoms with Gasteiger partial charge in [-0.3, -0.25) is 4.84 Å². The van der Waals surface area contributed by atoms with Crippen molar-refractivity contribution in [3.63, 3.8) is 0 Å². The molecule has 1 aliphatic carbocycles. The van der Waals surface area contributed by atoms with Crippen LogP contribution in [0.4, 0.5) is 0 Å². The number of hydroxylamine groups is 2. The number of rotatable bonds is 1. The van der Waals surface area contributed by atoms with E-state index in [0.717, 1.165) is 12.6 Å². The molecule has 0 aromatic heterocycles. The molecule has 2 aliphatic rings. The van der Waals surface area contributed by atoms with Crippen LogP contribution >= 0.6 is 0 Å². The molecule has 1 aliphatic heterocycles. The molecule has 0 spiro atoms. The molecule has 0 radical (unpaired) electrons. The fourth-order valence-corrected chi connectivity index (χ4v) is 1.12. The first-order valence-corrected chi connectivity index (χ1v) is 3.36. The molecule has 2 rings (SSSR count). The summed E-state index contributed by atoms with van der Waals surface area (Å²) in [6, 6.07) is 0.803. The van der Waals surface area contributed by atoms with Gasteiger partial charge in [-0.1, -0.05) is 0 Å². The summed E-state index contributed by atoms with van der Waals surface area (Å²) in [5, 5.41) is 2.14. The largest absolute Gasteiger partial charge is 0.299 e. The van der Waals surface area contributed by atoms with Crippen molar-refractivity contribution in [1.82, 2.24) is 5.06 Å². The molecule has 1 saturated heterocycles. The number of hydrogen-bond donors (Lipinski definition) is 0. The van der Waals surface area contributed by atoms with Crippen LogP contribution in [0, 0.1) is 0 Å². The lowest BCUT2D eigenvalue weighted by Crippen LogP contribution is -2.19. The molecule has 0 bridgehead atoms. The normalized spacial score (nSPS) is 31.5.